The summed E-state index contributed by atoms with van der Waals surface area (Å²) in [5, 5.41) is 0. The highest BCUT2D eigenvalue weighted by atomic mass is 32.2. The molecule has 1 aliphatic rings. The molecule has 0 atom stereocenters. The van der Waals surface area contributed by atoms with E-state index in [1.807, 2.05) is 24.3 Å². The molecule has 1 saturated heterocycles. The highest BCUT2D eigenvalue weighted by molar-refractivity contribution is 8.26. The Kier molecular flexibility index (Phi) is 7.29. The summed E-state index contributed by atoms with van der Waals surface area (Å²) in [6.45, 7) is 6.94. The first kappa shape index (κ1) is 20.6. The number of hydrogen-bond acceptors (Lipinski definition) is 4. The summed E-state index contributed by atoms with van der Waals surface area (Å²) in [5.74, 6) is 0.0240. The molecular weight excluding hydrogens is 384 g/mol. The van der Waals surface area contributed by atoms with Crippen LogP contribution in [0.4, 0.5) is 5.69 Å². The number of thiocarbonyl (C=S) groups is 1. The van der Waals surface area contributed by atoms with Gasteiger partial charge in [0.15, 0.2) is 0 Å². The van der Waals surface area contributed by atoms with Gasteiger partial charge in [0.1, 0.15) is 4.32 Å². The average Bonchev–Trinajstić information content (AvgIpc) is 2.98. The van der Waals surface area contributed by atoms with Crippen LogP contribution < -0.4 is 4.90 Å². The Balaban J connectivity index is 1.62. The van der Waals surface area contributed by atoms with Crippen LogP contribution in [0.15, 0.2) is 59.5 Å². The van der Waals surface area contributed by atoms with E-state index in [1.54, 1.807) is 4.90 Å². The van der Waals surface area contributed by atoms with Crippen molar-refractivity contribution in [1.29, 1.82) is 0 Å². The first-order chi connectivity index (χ1) is 13.6. The number of benzene rings is 2. The lowest BCUT2D eigenvalue weighted by molar-refractivity contribution is -0.122. The van der Waals surface area contributed by atoms with Crippen molar-refractivity contribution in [2.45, 2.75) is 26.7 Å². The monoisotopic (exact) mass is 410 g/mol. The van der Waals surface area contributed by atoms with Gasteiger partial charge in [-0.25, -0.2) is 0 Å². The van der Waals surface area contributed by atoms with Gasteiger partial charge in [0.25, 0.3) is 5.91 Å². The molecule has 3 nitrogen and oxygen atoms in total. The van der Waals surface area contributed by atoms with Gasteiger partial charge in [-0.15, -0.1) is 0 Å². The van der Waals surface area contributed by atoms with E-state index in [2.05, 4.69) is 55.1 Å². The average molecular weight is 411 g/mol. The summed E-state index contributed by atoms with van der Waals surface area (Å²) >= 11 is 6.85. The molecule has 28 heavy (non-hydrogen) atoms. The van der Waals surface area contributed by atoms with Gasteiger partial charge in [-0.1, -0.05) is 66.4 Å². The van der Waals surface area contributed by atoms with Crippen LogP contribution in [0.3, 0.4) is 0 Å². The SMILES string of the molecule is CCN(CC)c1ccc(C=C2SC(=S)N(CCCc3ccccc3)C2=O)cc1. The highest BCUT2D eigenvalue weighted by Crippen LogP contribution is 2.33. The van der Waals surface area contributed by atoms with Crippen LogP contribution in [0.1, 0.15) is 31.4 Å². The summed E-state index contributed by atoms with van der Waals surface area (Å²) < 4.78 is 0.657. The zero-order valence-electron chi connectivity index (χ0n) is 16.4. The van der Waals surface area contributed by atoms with Crippen LogP contribution in [0.5, 0.6) is 0 Å². The minimum atomic E-state index is 0.0240. The third-order valence-electron chi connectivity index (χ3n) is 4.88. The van der Waals surface area contributed by atoms with Crippen molar-refractivity contribution in [3.63, 3.8) is 0 Å². The first-order valence-electron chi connectivity index (χ1n) is 9.76. The molecule has 1 amide bonds. The van der Waals surface area contributed by atoms with Crippen LogP contribution in [0, 0.1) is 0 Å². The number of carbonyl (C=O) groups is 1. The quantitative estimate of drug-likeness (QED) is 0.431. The molecule has 146 valence electrons. The second-order valence-electron chi connectivity index (χ2n) is 6.69. The molecule has 0 spiro atoms. The van der Waals surface area contributed by atoms with Crippen molar-refractivity contribution in [3.8, 4) is 0 Å². The Bertz CT molecular complexity index is 843. The van der Waals surface area contributed by atoms with Crippen LogP contribution in [-0.4, -0.2) is 34.8 Å². The fourth-order valence-electron chi connectivity index (χ4n) is 3.30. The zero-order valence-corrected chi connectivity index (χ0v) is 18.1. The van der Waals surface area contributed by atoms with Crippen LogP contribution in [0.2, 0.25) is 0 Å². The summed E-state index contributed by atoms with van der Waals surface area (Å²) in [4.78, 5) is 17.5. The normalized spacial score (nSPS) is 15.5. The van der Waals surface area contributed by atoms with E-state index in [0.29, 0.717) is 15.8 Å². The molecule has 1 aliphatic heterocycles. The van der Waals surface area contributed by atoms with Gasteiger partial charge in [0.05, 0.1) is 4.91 Å². The van der Waals surface area contributed by atoms with E-state index >= 15 is 0 Å². The number of aryl methyl sites for hydroxylation is 1. The predicted molar refractivity (Wildman–Crippen MR) is 125 cm³/mol. The molecule has 2 aromatic rings. The second-order valence-corrected chi connectivity index (χ2v) is 8.36. The van der Waals surface area contributed by atoms with Crippen molar-refractivity contribution in [2.24, 2.45) is 0 Å². The number of rotatable bonds is 8. The minimum absolute atomic E-state index is 0.0240. The van der Waals surface area contributed by atoms with Crippen LogP contribution in [-0.2, 0) is 11.2 Å². The molecule has 1 heterocycles. The fraction of sp³-hybridized carbons (Fsp3) is 0.304. The molecule has 1 fully saturated rings. The number of carbonyl (C=O) groups excluding carboxylic acids is 1. The molecule has 5 heteroatoms. The lowest BCUT2D eigenvalue weighted by Crippen LogP contribution is -2.29. The molecule has 0 radical (unpaired) electrons. The van der Waals surface area contributed by atoms with Gasteiger partial charge in [-0.2, -0.15) is 0 Å². The Hall–Kier alpha value is -2.11. The Labute approximate surface area is 177 Å². The topological polar surface area (TPSA) is 23.6 Å². The molecule has 0 aromatic heterocycles. The van der Waals surface area contributed by atoms with E-state index < -0.39 is 0 Å². The maximum absolute atomic E-state index is 12.8. The Morgan fingerprint density at radius 1 is 1.04 bits per heavy atom. The largest absolute Gasteiger partial charge is 0.372 e. The van der Waals surface area contributed by atoms with Crippen molar-refractivity contribution < 1.29 is 4.79 Å². The van der Waals surface area contributed by atoms with Crippen molar-refractivity contribution in [1.82, 2.24) is 4.90 Å². The molecule has 0 unspecified atom stereocenters. The van der Waals surface area contributed by atoms with E-state index in [4.69, 9.17) is 12.2 Å². The lowest BCUT2D eigenvalue weighted by Gasteiger charge is -2.20. The third kappa shape index (κ3) is 5.03. The van der Waals surface area contributed by atoms with Gasteiger partial charge < -0.3 is 4.90 Å². The van der Waals surface area contributed by atoms with Gasteiger partial charge in [-0.3, -0.25) is 9.69 Å². The summed E-state index contributed by atoms with van der Waals surface area (Å²) in [7, 11) is 0. The maximum Gasteiger partial charge on any atom is 0.266 e. The number of amides is 1. The molecule has 0 bridgehead atoms. The number of nitrogens with zero attached hydrogens (tertiary/aromatic N) is 2. The second kappa shape index (κ2) is 9.89. The van der Waals surface area contributed by atoms with Gasteiger partial charge >= 0.3 is 0 Å². The molecule has 0 saturated carbocycles. The lowest BCUT2D eigenvalue weighted by atomic mass is 10.1. The van der Waals surface area contributed by atoms with E-state index in [0.717, 1.165) is 31.5 Å². The Morgan fingerprint density at radius 2 is 1.71 bits per heavy atom. The number of hydrogen-bond donors (Lipinski definition) is 0. The van der Waals surface area contributed by atoms with Crippen LogP contribution >= 0.6 is 24.0 Å². The fourth-order valence-corrected chi connectivity index (χ4v) is 4.61. The van der Waals surface area contributed by atoms with Gasteiger partial charge in [-0.05, 0) is 56.0 Å². The molecule has 0 aliphatic carbocycles. The molecular formula is C23H26N2OS2. The predicted octanol–water partition coefficient (Wildman–Crippen LogP) is 5.37. The smallest absolute Gasteiger partial charge is 0.266 e. The Morgan fingerprint density at radius 3 is 2.36 bits per heavy atom. The summed E-state index contributed by atoms with van der Waals surface area (Å²) in [6.07, 6.45) is 3.80. The number of thioether (sulfide) groups is 1. The highest BCUT2D eigenvalue weighted by Gasteiger charge is 2.31. The van der Waals surface area contributed by atoms with Crippen molar-refractivity contribution in [3.05, 3.63) is 70.6 Å². The maximum atomic E-state index is 12.8. The number of anilines is 1. The van der Waals surface area contributed by atoms with Gasteiger partial charge in [0.2, 0.25) is 0 Å². The van der Waals surface area contributed by atoms with Gasteiger partial charge in [0, 0.05) is 25.3 Å². The minimum Gasteiger partial charge on any atom is -0.372 e. The molecule has 2 aromatic carbocycles. The molecule has 0 N–H and O–H groups in total. The van der Waals surface area contributed by atoms with Crippen molar-refractivity contribution in [2.75, 3.05) is 24.5 Å². The van der Waals surface area contributed by atoms with Crippen LogP contribution in [0.25, 0.3) is 6.08 Å². The van der Waals surface area contributed by atoms with E-state index in [-0.39, 0.29) is 5.91 Å². The summed E-state index contributed by atoms with van der Waals surface area (Å²) in [5.41, 5.74) is 3.52. The zero-order chi connectivity index (χ0) is 19.9. The standard InChI is InChI=1S/C23H26N2OS2/c1-3-24(4-2)20-14-12-19(13-15-20)17-21-22(26)25(23(27)28-21)16-8-11-18-9-6-5-7-10-18/h5-7,9-10,12-15,17H,3-4,8,11,16H2,1-2H3. The van der Waals surface area contributed by atoms with E-state index in [9.17, 15) is 4.79 Å². The first-order valence-corrected chi connectivity index (χ1v) is 11.0. The summed E-state index contributed by atoms with van der Waals surface area (Å²) in [6, 6.07) is 18.7. The van der Waals surface area contributed by atoms with E-state index in [1.165, 1.54) is 23.0 Å². The van der Waals surface area contributed by atoms with Crippen molar-refractivity contribution >= 4 is 46.0 Å². The third-order valence-corrected chi connectivity index (χ3v) is 6.26. The molecule has 3 rings (SSSR count).